The van der Waals surface area contributed by atoms with Crippen molar-refractivity contribution < 1.29 is 14.2 Å². The fourth-order valence-electron chi connectivity index (χ4n) is 3.20. The number of hydrogen-bond acceptors (Lipinski definition) is 4. The van der Waals surface area contributed by atoms with Crippen LogP contribution in [-0.2, 0) is 19.4 Å². The maximum atomic E-state index is 5.41. The van der Waals surface area contributed by atoms with Crippen molar-refractivity contribution in [1.29, 1.82) is 0 Å². The largest absolute Gasteiger partial charge is 0.493 e. The molecule has 0 heterocycles. The van der Waals surface area contributed by atoms with Crippen LogP contribution in [0.4, 0.5) is 0 Å². The summed E-state index contributed by atoms with van der Waals surface area (Å²) in [6, 6.07) is 13.1. The third-order valence-corrected chi connectivity index (χ3v) is 4.37. The van der Waals surface area contributed by atoms with Gasteiger partial charge in [-0.15, -0.1) is 0 Å². The van der Waals surface area contributed by atoms with Gasteiger partial charge in [0.1, 0.15) is 0 Å². The lowest BCUT2D eigenvalue weighted by Gasteiger charge is -2.16. The van der Waals surface area contributed by atoms with Crippen LogP contribution in [0.25, 0.3) is 0 Å². The Hall–Kier alpha value is -2.20. The summed E-state index contributed by atoms with van der Waals surface area (Å²) in [5, 5.41) is 3.63. The average molecular weight is 313 g/mol. The maximum Gasteiger partial charge on any atom is 0.203 e. The van der Waals surface area contributed by atoms with Crippen LogP contribution >= 0.6 is 0 Å². The molecular weight excluding hydrogens is 290 g/mol. The fourth-order valence-corrected chi connectivity index (χ4v) is 3.20. The first-order valence-corrected chi connectivity index (χ1v) is 7.84. The highest BCUT2D eigenvalue weighted by Gasteiger charge is 2.20. The monoisotopic (exact) mass is 313 g/mol. The number of hydrogen-bond donors (Lipinski definition) is 1. The Morgan fingerprint density at radius 2 is 1.48 bits per heavy atom. The van der Waals surface area contributed by atoms with Crippen LogP contribution in [0.15, 0.2) is 36.4 Å². The van der Waals surface area contributed by atoms with Gasteiger partial charge in [0.2, 0.25) is 5.75 Å². The van der Waals surface area contributed by atoms with Crippen molar-refractivity contribution in [3.63, 3.8) is 0 Å². The molecule has 0 fully saturated rings. The quantitative estimate of drug-likeness (QED) is 0.890. The Morgan fingerprint density at radius 1 is 0.913 bits per heavy atom. The van der Waals surface area contributed by atoms with Gasteiger partial charge in [0.25, 0.3) is 0 Å². The van der Waals surface area contributed by atoms with E-state index in [2.05, 4.69) is 29.6 Å². The number of fused-ring (bicyclic) bond motifs is 1. The van der Waals surface area contributed by atoms with E-state index < -0.39 is 0 Å². The molecule has 0 saturated carbocycles. The molecule has 1 aliphatic rings. The Labute approximate surface area is 137 Å². The van der Waals surface area contributed by atoms with E-state index in [-0.39, 0.29) is 0 Å². The lowest BCUT2D eigenvalue weighted by atomic mass is 10.1. The summed E-state index contributed by atoms with van der Waals surface area (Å²) in [7, 11) is 4.90. The average Bonchev–Trinajstić information content (AvgIpc) is 3.01. The van der Waals surface area contributed by atoms with Crippen molar-refractivity contribution in [3.05, 3.63) is 53.1 Å². The predicted octanol–water partition coefficient (Wildman–Crippen LogP) is 2.97. The maximum absolute atomic E-state index is 5.41. The summed E-state index contributed by atoms with van der Waals surface area (Å²) in [4.78, 5) is 0. The molecule has 0 aromatic heterocycles. The molecular formula is C19H23NO3. The molecule has 0 saturated heterocycles. The normalized spacial score (nSPS) is 13.7. The van der Waals surface area contributed by atoms with Gasteiger partial charge in [-0.25, -0.2) is 0 Å². The van der Waals surface area contributed by atoms with Crippen molar-refractivity contribution in [3.8, 4) is 17.2 Å². The second-order valence-electron chi connectivity index (χ2n) is 5.79. The van der Waals surface area contributed by atoms with Crippen LogP contribution in [0, 0.1) is 0 Å². The molecule has 2 aromatic carbocycles. The number of ether oxygens (including phenoxy) is 3. The molecule has 0 atom stereocenters. The first kappa shape index (κ1) is 15.7. The molecule has 2 aromatic rings. The molecule has 0 amide bonds. The van der Waals surface area contributed by atoms with Crippen molar-refractivity contribution in [1.82, 2.24) is 5.32 Å². The molecule has 0 aliphatic heterocycles. The van der Waals surface area contributed by atoms with Crippen molar-refractivity contribution >= 4 is 0 Å². The number of methoxy groups -OCH3 is 3. The van der Waals surface area contributed by atoms with E-state index in [4.69, 9.17) is 14.2 Å². The SMILES string of the molecule is COc1cc(CNC2Cc3ccccc3C2)cc(OC)c1OC. The van der Waals surface area contributed by atoms with E-state index in [1.807, 2.05) is 12.1 Å². The van der Waals surface area contributed by atoms with Gasteiger partial charge < -0.3 is 19.5 Å². The zero-order valence-electron chi connectivity index (χ0n) is 13.9. The Morgan fingerprint density at radius 3 is 1.96 bits per heavy atom. The molecule has 23 heavy (non-hydrogen) atoms. The Kier molecular flexibility index (Phi) is 4.72. The lowest BCUT2D eigenvalue weighted by Crippen LogP contribution is -2.28. The molecule has 1 N–H and O–H groups in total. The summed E-state index contributed by atoms with van der Waals surface area (Å²) in [6.45, 7) is 0.773. The lowest BCUT2D eigenvalue weighted by molar-refractivity contribution is 0.323. The standard InChI is InChI=1S/C19H23NO3/c1-21-17-8-13(9-18(22-2)19(17)23-3)12-20-16-10-14-6-4-5-7-15(14)11-16/h4-9,16,20H,10-12H2,1-3H3. The molecule has 3 rings (SSSR count). The summed E-state index contributed by atoms with van der Waals surface area (Å²) in [5.41, 5.74) is 4.03. The second kappa shape index (κ2) is 6.92. The van der Waals surface area contributed by atoms with Crippen LogP contribution in [0.1, 0.15) is 16.7 Å². The van der Waals surface area contributed by atoms with Crippen LogP contribution < -0.4 is 19.5 Å². The van der Waals surface area contributed by atoms with Crippen LogP contribution in [0.3, 0.4) is 0 Å². The minimum Gasteiger partial charge on any atom is -0.493 e. The number of benzene rings is 2. The highest BCUT2D eigenvalue weighted by molar-refractivity contribution is 5.53. The van der Waals surface area contributed by atoms with E-state index >= 15 is 0 Å². The molecule has 0 unspecified atom stereocenters. The van der Waals surface area contributed by atoms with Gasteiger partial charge >= 0.3 is 0 Å². The Balaban J connectivity index is 1.69. The summed E-state index contributed by atoms with van der Waals surface area (Å²) in [5.74, 6) is 2.02. The smallest absolute Gasteiger partial charge is 0.203 e. The topological polar surface area (TPSA) is 39.7 Å². The third-order valence-electron chi connectivity index (χ3n) is 4.37. The van der Waals surface area contributed by atoms with Gasteiger partial charge in [-0.2, -0.15) is 0 Å². The third kappa shape index (κ3) is 3.27. The highest BCUT2D eigenvalue weighted by atomic mass is 16.5. The minimum absolute atomic E-state index is 0.478. The van der Waals surface area contributed by atoms with E-state index in [9.17, 15) is 0 Å². The summed E-state index contributed by atoms with van der Waals surface area (Å²) in [6.07, 6.45) is 2.17. The van der Waals surface area contributed by atoms with Crippen molar-refractivity contribution in [2.75, 3.05) is 21.3 Å². The first-order valence-electron chi connectivity index (χ1n) is 7.84. The molecule has 0 spiro atoms. The molecule has 0 bridgehead atoms. The van der Waals surface area contributed by atoms with Gasteiger partial charge in [0, 0.05) is 12.6 Å². The molecule has 4 heteroatoms. The summed E-state index contributed by atoms with van der Waals surface area (Å²) >= 11 is 0. The summed E-state index contributed by atoms with van der Waals surface area (Å²) < 4.78 is 16.2. The van der Waals surface area contributed by atoms with Crippen molar-refractivity contribution in [2.24, 2.45) is 0 Å². The van der Waals surface area contributed by atoms with Crippen molar-refractivity contribution in [2.45, 2.75) is 25.4 Å². The van der Waals surface area contributed by atoms with Gasteiger partial charge in [-0.1, -0.05) is 24.3 Å². The zero-order valence-corrected chi connectivity index (χ0v) is 13.9. The van der Waals surface area contributed by atoms with Gasteiger partial charge in [0.05, 0.1) is 21.3 Å². The molecule has 4 nitrogen and oxygen atoms in total. The minimum atomic E-state index is 0.478. The molecule has 122 valence electrons. The van der Waals surface area contributed by atoms with Gasteiger partial charge in [-0.05, 0) is 41.7 Å². The second-order valence-corrected chi connectivity index (χ2v) is 5.79. The van der Waals surface area contributed by atoms with Gasteiger partial charge in [0.15, 0.2) is 11.5 Å². The van der Waals surface area contributed by atoms with E-state index in [0.717, 1.165) is 24.9 Å². The van der Waals surface area contributed by atoms with E-state index in [1.54, 1.807) is 21.3 Å². The molecule has 0 radical (unpaired) electrons. The van der Waals surface area contributed by atoms with Crippen LogP contribution in [0.2, 0.25) is 0 Å². The zero-order chi connectivity index (χ0) is 16.2. The Bertz CT molecular complexity index is 634. The van der Waals surface area contributed by atoms with Gasteiger partial charge in [-0.3, -0.25) is 0 Å². The van der Waals surface area contributed by atoms with Crippen LogP contribution in [0.5, 0.6) is 17.2 Å². The first-order chi connectivity index (χ1) is 11.2. The van der Waals surface area contributed by atoms with Crippen LogP contribution in [-0.4, -0.2) is 27.4 Å². The van der Waals surface area contributed by atoms with E-state index in [1.165, 1.54) is 11.1 Å². The highest BCUT2D eigenvalue weighted by Crippen LogP contribution is 2.38. The molecule has 1 aliphatic carbocycles. The van der Waals surface area contributed by atoms with E-state index in [0.29, 0.717) is 23.3 Å². The fraction of sp³-hybridized carbons (Fsp3) is 0.368. The number of nitrogens with one attached hydrogen (secondary N) is 1. The predicted molar refractivity (Wildman–Crippen MR) is 90.6 cm³/mol. The number of rotatable bonds is 6.